The van der Waals surface area contributed by atoms with Crippen molar-refractivity contribution < 1.29 is 5.11 Å². The standard InChI is InChI=1S/C19H25N9O2/c1-27-6-4-11(5-7-27)9-20-17-24-15-12(8-14-16(29)25-19(30)23-14)10-21-28(15)18(26-17)22-13-2-3-13/h8,10-11,13,29H,2-7,9H2,1H3,(H,20,22,26)(H2,23,25,30). The number of aromatic nitrogens is 6. The van der Waals surface area contributed by atoms with Crippen molar-refractivity contribution >= 4 is 17.7 Å². The molecule has 4 heterocycles. The zero-order valence-electron chi connectivity index (χ0n) is 16.8. The molecule has 0 amide bonds. The number of piperidine rings is 1. The van der Waals surface area contributed by atoms with Gasteiger partial charge in [-0.1, -0.05) is 0 Å². The first-order valence-electron chi connectivity index (χ1n) is 10.3. The van der Waals surface area contributed by atoms with Gasteiger partial charge in [-0.05, 0) is 57.8 Å². The van der Waals surface area contributed by atoms with Crippen LogP contribution in [0.25, 0.3) is 11.7 Å². The molecular formula is C19H25N9O2. The SMILES string of the molecule is CN1CCC(CNc2nc(=NC3CC3)n3ncc(=Cc4[nH]c(=O)[nH]c4O)c3n2)CC1. The lowest BCUT2D eigenvalue weighted by molar-refractivity contribution is 0.226. The number of nitrogens with zero attached hydrogens (tertiary/aromatic N) is 6. The minimum atomic E-state index is -0.477. The van der Waals surface area contributed by atoms with Gasteiger partial charge in [0, 0.05) is 11.8 Å². The van der Waals surface area contributed by atoms with Crippen LogP contribution >= 0.6 is 0 Å². The van der Waals surface area contributed by atoms with Crippen molar-refractivity contribution in [1.29, 1.82) is 0 Å². The largest absolute Gasteiger partial charge is 0.493 e. The van der Waals surface area contributed by atoms with Crippen LogP contribution in [0.5, 0.6) is 5.88 Å². The number of likely N-dealkylation sites (tertiary alicyclic amines) is 1. The van der Waals surface area contributed by atoms with Gasteiger partial charge in [-0.2, -0.15) is 19.6 Å². The number of nitrogens with one attached hydrogen (secondary N) is 3. The van der Waals surface area contributed by atoms with E-state index in [-0.39, 0.29) is 17.6 Å². The lowest BCUT2D eigenvalue weighted by Gasteiger charge is -2.28. The topological polar surface area (TPSA) is 140 Å². The van der Waals surface area contributed by atoms with Crippen LogP contribution in [0.2, 0.25) is 0 Å². The molecule has 0 bridgehead atoms. The Balaban J connectivity index is 1.51. The van der Waals surface area contributed by atoms with E-state index in [1.807, 2.05) is 0 Å². The van der Waals surface area contributed by atoms with E-state index < -0.39 is 5.69 Å². The molecule has 0 aromatic carbocycles. The Bertz CT molecular complexity index is 1230. The number of aromatic hydroxyl groups is 1. The predicted octanol–water partition coefficient (Wildman–Crippen LogP) is -0.789. The summed E-state index contributed by atoms with van der Waals surface area (Å²) in [4.78, 5) is 32.6. The van der Waals surface area contributed by atoms with Crippen LogP contribution in [0.1, 0.15) is 31.4 Å². The average molecular weight is 411 g/mol. The Kier molecular flexibility index (Phi) is 4.74. The number of hydrogen-bond donors (Lipinski definition) is 4. The van der Waals surface area contributed by atoms with E-state index in [4.69, 9.17) is 0 Å². The fourth-order valence-electron chi connectivity index (χ4n) is 3.66. The van der Waals surface area contributed by atoms with E-state index in [1.54, 1.807) is 16.8 Å². The zero-order valence-corrected chi connectivity index (χ0v) is 16.8. The summed E-state index contributed by atoms with van der Waals surface area (Å²) >= 11 is 0. The lowest BCUT2D eigenvalue weighted by Crippen LogP contribution is -2.33. The minimum absolute atomic E-state index is 0.225. The molecule has 0 unspecified atom stereocenters. The van der Waals surface area contributed by atoms with Crippen molar-refractivity contribution in [2.75, 3.05) is 32.0 Å². The number of H-pyrrole nitrogens is 2. The summed E-state index contributed by atoms with van der Waals surface area (Å²) in [6.45, 7) is 3.02. The van der Waals surface area contributed by atoms with Gasteiger partial charge in [-0.3, -0.25) is 4.98 Å². The maximum Gasteiger partial charge on any atom is 0.326 e. The molecule has 1 saturated carbocycles. The first-order chi connectivity index (χ1) is 14.5. The van der Waals surface area contributed by atoms with Gasteiger partial charge in [0.25, 0.3) is 5.62 Å². The number of fused-ring (bicyclic) bond motifs is 1. The third kappa shape index (κ3) is 3.92. The molecule has 3 aromatic heterocycles. The molecule has 11 nitrogen and oxygen atoms in total. The Labute approximate surface area is 171 Å². The predicted molar refractivity (Wildman–Crippen MR) is 110 cm³/mol. The third-order valence-corrected chi connectivity index (χ3v) is 5.65. The first-order valence-corrected chi connectivity index (χ1v) is 10.3. The van der Waals surface area contributed by atoms with Crippen LogP contribution in [0.3, 0.4) is 0 Å². The van der Waals surface area contributed by atoms with Crippen molar-refractivity contribution in [2.24, 2.45) is 10.9 Å². The normalized spacial score (nSPS) is 19.8. The molecule has 4 N–H and O–H groups in total. The number of rotatable bonds is 5. The Morgan fingerprint density at radius 1 is 1.27 bits per heavy atom. The Hall–Kier alpha value is -3.21. The van der Waals surface area contributed by atoms with Gasteiger partial charge in [-0.15, -0.1) is 0 Å². The zero-order chi connectivity index (χ0) is 20.7. The van der Waals surface area contributed by atoms with Gasteiger partial charge < -0.3 is 20.3 Å². The fourth-order valence-corrected chi connectivity index (χ4v) is 3.66. The van der Waals surface area contributed by atoms with Gasteiger partial charge in [0.05, 0.1) is 12.2 Å². The summed E-state index contributed by atoms with van der Waals surface area (Å²) in [7, 11) is 2.15. The van der Waals surface area contributed by atoms with Crippen LogP contribution < -0.4 is 21.8 Å². The van der Waals surface area contributed by atoms with Gasteiger partial charge in [0.15, 0.2) is 5.65 Å². The molecule has 1 aliphatic carbocycles. The highest BCUT2D eigenvalue weighted by Crippen LogP contribution is 2.22. The molecule has 0 radical (unpaired) electrons. The van der Waals surface area contributed by atoms with E-state index in [1.165, 1.54) is 0 Å². The molecule has 1 aliphatic heterocycles. The molecule has 11 heteroatoms. The van der Waals surface area contributed by atoms with E-state index in [9.17, 15) is 9.90 Å². The summed E-state index contributed by atoms with van der Waals surface area (Å²) in [6, 6.07) is 0.284. The van der Waals surface area contributed by atoms with Gasteiger partial charge in [-0.25, -0.2) is 9.79 Å². The van der Waals surface area contributed by atoms with Crippen LogP contribution in [0, 0.1) is 5.92 Å². The molecule has 0 spiro atoms. The molecule has 1 saturated heterocycles. The first kappa shape index (κ1) is 18.8. The van der Waals surface area contributed by atoms with Crippen LogP contribution in [0.15, 0.2) is 16.0 Å². The van der Waals surface area contributed by atoms with Gasteiger partial charge in [0.2, 0.25) is 11.8 Å². The average Bonchev–Trinajstić information content (AvgIpc) is 3.36. The van der Waals surface area contributed by atoms with E-state index in [2.05, 4.69) is 47.3 Å². The highest BCUT2D eigenvalue weighted by atomic mass is 16.3. The highest BCUT2D eigenvalue weighted by Gasteiger charge is 2.21. The summed E-state index contributed by atoms with van der Waals surface area (Å²) in [5.41, 5.74) is 0.876. The number of imidazole rings is 1. The van der Waals surface area contributed by atoms with Crippen LogP contribution in [-0.4, -0.2) is 72.3 Å². The minimum Gasteiger partial charge on any atom is -0.493 e. The van der Waals surface area contributed by atoms with Crippen molar-refractivity contribution in [2.45, 2.75) is 31.7 Å². The summed E-state index contributed by atoms with van der Waals surface area (Å²) in [6.07, 6.45) is 7.67. The van der Waals surface area contributed by atoms with Crippen molar-refractivity contribution in [3.8, 4) is 5.88 Å². The Morgan fingerprint density at radius 2 is 2.07 bits per heavy atom. The number of anilines is 1. The van der Waals surface area contributed by atoms with Crippen LogP contribution in [-0.2, 0) is 0 Å². The van der Waals surface area contributed by atoms with Crippen molar-refractivity contribution in [3.63, 3.8) is 0 Å². The lowest BCUT2D eigenvalue weighted by atomic mass is 9.97. The van der Waals surface area contributed by atoms with Crippen molar-refractivity contribution in [1.82, 2.24) is 34.4 Å². The van der Waals surface area contributed by atoms with E-state index in [0.29, 0.717) is 28.4 Å². The molecule has 30 heavy (non-hydrogen) atoms. The second-order valence-corrected chi connectivity index (χ2v) is 8.16. The summed E-state index contributed by atoms with van der Waals surface area (Å²) in [5.74, 6) is 0.877. The number of aromatic amines is 2. The third-order valence-electron chi connectivity index (χ3n) is 5.65. The second kappa shape index (κ2) is 7.56. The number of hydrogen-bond acceptors (Lipinski definition) is 8. The monoisotopic (exact) mass is 411 g/mol. The molecule has 3 aromatic rings. The van der Waals surface area contributed by atoms with E-state index >= 15 is 0 Å². The molecule has 2 fully saturated rings. The highest BCUT2D eigenvalue weighted by molar-refractivity contribution is 5.57. The molecule has 158 valence electrons. The Morgan fingerprint density at radius 3 is 2.77 bits per heavy atom. The second-order valence-electron chi connectivity index (χ2n) is 8.16. The maximum absolute atomic E-state index is 11.4. The van der Waals surface area contributed by atoms with Crippen molar-refractivity contribution in [3.05, 3.63) is 33.2 Å². The molecule has 0 atom stereocenters. The fraction of sp³-hybridized carbons (Fsp3) is 0.526. The maximum atomic E-state index is 11.4. The molecule has 5 rings (SSSR count). The van der Waals surface area contributed by atoms with Crippen LogP contribution in [0.4, 0.5) is 5.95 Å². The van der Waals surface area contributed by atoms with E-state index in [0.717, 1.165) is 45.3 Å². The molecule has 2 aliphatic rings. The quantitative estimate of drug-likeness (QED) is 0.431. The summed E-state index contributed by atoms with van der Waals surface area (Å²) < 4.78 is 1.60. The summed E-state index contributed by atoms with van der Waals surface area (Å²) in [5, 5.41) is 18.3. The van der Waals surface area contributed by atoms with Gasteiger partial charge >= 0.3 is 5.69 Å². The van der Waals surface area contributed by atoms with Gasteiger partial charge in [0.1, 0.15) is 5.69 Å². The smallest absolute Gasteiger partial charge is 0.326 e. The molecular weight excluding hydrogens is 386 g/mol.